The van der Waals surface area contributed by atoms with E-state index in [1.807, 2.05) is 23.6 Å². The standard InChI is InChI=1S/C20H16ClFN4OS/c21-16-7-3-1-5-13(16)11-18(27)23-10-9-14-12-28-20-24-19(25-26(14)20)15-6-2-4-8-17(15)22/h1-8,12H,9-11H2,(H,23,27). The Hall–Kier alpha value is -2.77. The van der Waals surface area contributed by atoms with Crippen LogP contribution in [0.15, 0.2) is 53.9 Å². The van der Waals surface area contributed by atoms with Crippen molar-refractivity contribution in [1.29, 1.82) is 0 Å². The van der Waals surface area contributed by atoms with Gasteiger partial charge in [-0.3, -0.25) is 4.79 Å². The fourth-order valence-corrected chi connectivity index (χ4v) is 3.92. The Kier molecular flexibility index (Phi) is 5.36. The molecule has 0 aliphatic carbocycles. The molecular weight excluding hydrogens is 399 g/mol. The van der Waals surface area contributed by atoms with E-state index in [9.17, 15) is 9.18 Å². The van der Waals surface area contributed by atoms with Crippen LogP contribution in [0.3, 0.4) is 0 Å². The van der Waals surface area contributed by atoms with Crippen molar-refractivity contribution >= 4 is 33.8 Å². The summed E-state index contributed by atoms with van der Waals surface area (Å²) in [5, 5.41) is 9.85. The highest BCUT2D eigenvalue weighted by atomic mass is 35.5. The summed E-state index contributed by atoms with van der Waals surface area (Å²) in [5.41, 5.74) is 2.08. The number of nitrogens with zero attached hydrogens (tertiary/aromatic N) is 3. The molecule has 0 radical (unpaired) electrons. The first-order chi connectivity index (χ1) is 13.6. The molecule has 2 heterocycles. The summed E-state index contributed by atoms with van der Waals surface area (Å²) in [5.74, 6) is -0.0895. The van der Waals surface area contributed by atoms with E-state index in [1.54, 1.807) is 28.8 Å². The predicted molar refractivity (Wildman–Crippen MR) is 108 cm³/mol. The average molecular weight is 415 g/mol. The molecule has 0 atom stereocenters. The Morgan fingerprint density at radius 3 is 2.79 bits per heavy atom. The topological polar surface area (TPSA) is 59.3 Å². The van der Waals surface area contributed by atoms with E-state index >= 15 is 0 Å². The van der Waals surface area contributed by atoms with E-state index < -0.39 is 0 Å². The summed E-state index contributed by atoms with van der Waals surface area (Å²) in [6.07, 6.45) is 0.827. The molecule has 0 spiro atoms. The average Bonchev–Trinajstić information content (AvgIpc) is 3.26. The summed E-state index contributed by atoms with van der Waals surface area (Å²) >= 11 is 7.52. The van der Waals surface area contributed by atoms with Gasteiger partial charge in [-0.25, -0.2) is 8.91 Å². The van der Waals surface area contributed by atoms with E-state index in [1.165, 1.54) is 17.4 Å². The van der Waals surface area contributed by atoms with Crippen molar-refractivity contribution in [1.82, 2.24) is 19.9 Å². The lowest BCUT2D eigenvalue weighted by atomic mass is 10.1. The minimum Gasteiger partial charge on any atom is -0.355 e. The fourth-order valence-electron chi connectivity index (χ4n) is 2.86. The number of benzene rings is 2. The number of hydrogen-bond acceptors (Lipinski definition) is 4. The van der Waals surface area contributed by atoms with E-state index in [2.05, 4.69) is 15.4 Å². The normalized spacial score (nSPS) is 11.1. The van der Waals surface area contributed by atoms with Gasteiger partial charge in [-0.1, -0.05) is 41.9 Å². The zero-order valence-corrected chi connectivity index (χ0v) is 16.3. The van der Waals surface area contributed by atoms with Gasteiger partial charge in [0.05, 0.1) is 17.7 Å². The number of carbonyl (C=O) groups excluding carboxylic acids is 1. The highest BCUT2D eigenvalue weighted by molar-refractivity contribution is 7.15. The molecule has 5 nitrogen and oxygen atoms in total. The van der Waals surface area contributed by atoms with Gasteiger partial charge < -0.3 is 5.32 Å². The summed E-state index contributed by atoms with van der Waals surface area (Å²) in [6, 6.07) is 13.7. The Balaban J connectivity index is 1.41. The monoisotopic (exact) mass is 414 g/mol. The van der Waals surface area contributed by atoms with E-state index in [0.717, 1.165) is 11.3 Å². The molecule has 0 fully saturated rings. The zero-order chi connectivity index (χ0) is 19.5. The Bertz CT molecular complexity index is 1140. The van der Waals surface area contributed by atoms with Crippen molar-refractivity contribution < 1.29 is 9.18 Å². The van der Waals surface area contributed by atoms with Crippen molar-refractivity contribution in [3.05, 3.63) is 76.0 Å². The van der Waals surface area contributed by atoms with Gasteiger partial charge in [-0.15, -0.1) is 16.4 Å². The van der Waals surface area contributed by atoms with Crippen molar-refractivity contribution in [3.63, 3.8) is 0 Å². The third-order valence-electron chi connectivity index (χ3n) is 4.28. The van der Waals surface area contributed by atoms with Crippen LogP contribution in [0, 0.1) is 5.82 Å². The highest BCUT2D eigenvalue weighted by Crippen LogP contribution is 2.23. The SMILES string of the molecule is O=C(Cc1ccccc1Cl)NCCc1csc2nc(-c3ccccc3F)nn12. The molecule has 2 aromatic carbocycles. The summed E-state index contributed by atoms with van der Waals surface area (Å²) in [7, 11) is 0. The van der Waals surface area contributed by atoms with Crippen LogP contribution in [-0.4, -0.2) is 27.0 Å². The largest absolute Gasteiger partial charge is 0.355 e. The quantitative estimate of drug-likeness (QED) is 0.515. The molecule has 0 saturated carbocycles. The van der Waals surface area contributed by atoms with E-state index in [-0.39, 0.29) is 18.1 Å². The molecule has 0 unspecified atom stereocenters. The summed E-state index contributed by atoms with van der Waals surface area (Å²) < 4.78 is 15.7. The second kappa shape index (κ2) is 8.08. The molecule has 8 heteroatoms. The summed E-state index contributed by atoms with van der Waals surface area (Å²) in [6.45, 7) is 0.462. The molecule has 1 N–H and O–H groups in total. The van der Waals surface area contributed by atoms with E-state index in [4.69, 9.17) is 11.6 Å². The molecular formula is C20H16ClFN4OS. The molecule has 4 rings (SSSR count). The number of nitrogens with one attached hydrogen (secondary N) is 1. The fraction of sp³-hybridized carbons (Fsp3) is 0.150. The molecule has 4 aromatic rings. The number of amides is 1. The smallest absolute Gasteiger partial charge is 0.224 e. The maximum Gasteiger partial charge on any atom is 0.224 e. The number of thiazole rings is 1. The number of aromatic nitrogens is 3. The minimum absolute atomic E-state index is 0.0924. The van der Waals surface area contributed by atoms with Crippen LogP contribution in [0.2, 0.25) is 5.02 Å². The van der Waals surface area contributed by atoms with Crippen LogP contribution >= 0.6 is 22.9 Å². The number of hydrogen-bond donors (Lipinski definition) is 1. The third kappa shape index (κ3) is 3.90. The van der Waals surface area contributed by atoms with Crippen LogP contribution in [0.25, 0.3) is 16.3 Å². The molecule has 1 amide bonds. The first-order valence-corrected chi connectivity index (χ1v) is 9.96. The lowest BCUT2D eigenvalue weighted by molar-refractivity contribution is -0.120. The third-order valence-corrected chi connectivity index (χ3v) is 5.51. The van der Waals surface area contributed by atoms with Gasteiger partial charge >= 0.3 is 0 Å². The Morgan fingerprint density at radius 2 is 1.96 bits per heavy atom. The van der Waals surface area contributed by atoms with Gasteiger partial charge in [0.2, 0.25) is 10.9 Å². The van der Waals surface area contributed by atoms with Crippen LogP contribution in [0.1, 0.15) is 11.3 Å². The number of rotatable bonds is 6. The van der Waals surface area contributed by atoms with Gasteiger partial charge in [-0.2, -0.15) is 4.98 Å². The zero-order valence-electron chi connectivity index (χ0n) is 14.7. The van der Waals surface area contributed by atoms with E-state index in [0.29, 0.717) is 34.3 Å². The van der Waals surface area contributed by atoms with Crippen molar-refractivity contribution in [2.45, 2.75) is 12.8 Å². The van der Waals surface area contributed by atoms with Crippen molar-refractivity contribution in [2.24, 2.45) is 0 Å². The van der Waals surface area contributed by atoms with Gasteiger partial charge in [0.1, 0.15) is 5.82 Å². The Labute approximate surface area is 169 Å². The molecule has 0 aliphatic rings. The van der Waals surface area contributed by atoms with Crippen molar-refractivity contribution in [2.75, 3.05) is 6.54 Å². The van der Waals surface area contributed by atoms with Gasteiger partial charge in [0.25, 0.3) is 0 Å². The van der Waals surface area contributed by atoms with Crippen LogP contribution in [0.5, 0.6) is 0 Å². The second-order valence-electron chi connectivity index (χ2n) is 6.20. The molecule has 0 bridgehead atoms. The van der Waals surface area contributed by atoms with Gasteiger partial charge in [-0.05, 0) is 23.8 Å². The molecule has 0 saturated heterocycles. The van der Waals surface area contributed by atoms with Crippen LogP contribution in [-0.2, 0) is 17.6 Å². The number of halogens is 2. The van der Waals surface area contributed by atoms with Gasteiger partial charge in [0.15, 0.2) is 5.82 Å². The minimum atomic E-state index is -0.353. The molecule has 0 aliphatic heterocycles. The first kappa shape index (κ1) is 18.6. The van der Waals surface area contributed by atoms with Crippen LogP contribution < -0.4 is 5.32 Å². The van der Waals surface area contributed by atoms with Crippen molar-refractivity contribution in [3.8, 4) is 11.4 Å². The number of fused-ring (bicyclic) bond motifs is 1. The first-order valence-electron chi connectivity index (χ1n) is 8.70. The lowest BCUT2D eigenvalue weighted by Crippen LogP contribution is -2.27. The molecule has 2 aromatic heterocycles. The number of carbonyl (C=O) groups is 1. The summed E-state index contributed by atoms with van der Waals surface area (Å²) in [4.78, 5) is 17.2. The Morgan fingerprint density at radius 1 is 1.18 bits per heavy atom. The second-order valence-corrected chi connectivity index (χ2v) is 7.45. The van der Waals surface area contributed by atoms with Gasteiger partial charge in [0, 0.05) is 23.4 Å². The highest BCUT2D eigenvalue weighted by Gasteiger charge is 2.14. The van der Waals surface area contributed by atoms with Crippen LogP contribution in [0.4, 0.5) is 4.39 Å². The molecule has 142 valence electrons. The maximum absolute atomic E-state index is 14.0. The maximum atomic E-state index is 14.0. The lowest BCUT2D eigenvalue weighted by Gasteiger charge is -2.06. The molecule has 28 heavy (non-hydrogen) atoms. The predicted octanol–water partition coefficient (Wildman–Crippen LogP) is 4.15.